The molecule has 0 saturated carbocycles. The van der Waals surface area contributed by atoms with Gasteiger partial charge in [0.2, 0.25) is 0 Å². The summed E-state index contributed by atoms with van der Waals surface area (Å²) in [6, 6.07) is 7.40. The van der Waals surface area contributed by atoms with Gasteiger partial charge in [-0.1, -0.05) is 0 Å². The molecule has 2 aliphatic heterocycles. The molecule has 0 unspecified atom stereocenters. The van der Waals surface area contributed by atoms with Crippen LogP contribution in [0.2, 0.25) is 0 Å². The van der Waals surface area contributed by atoms with Gasteiger partial charge in [0.15, 0.2) is 0 Å². The molecule has 4 heteroatoms. The first-order chi connectivity index (χ1) is 9.69. The van der Waals surface area contributed by atoms with Gasteiger partial charge in [0.05, 0.1) is 5.56 Å². The molecule has 104 valence electrons. The van der Waals surface area contributed by atoms with Crippen molar-refractivity contribution in [1.82, 2.24) is 15.0 Å². The number of hydrogen-bond acceptors (Lipinski definition) is 2. The van der Waals surface area contributed by atoms with Gasteiger partial charge in [-0.15, -0.1) is 0 Å². The third-order valence-electron chi connectivity index (χ3n) is 4.61. The van der Waals surface area contributed by atoms with Gasteiger partial charge in [-0.05, 0) is 49.9 Å². The number of rotatable bonds is 2. The highest BCUT2D eigenvalue weighted by molar-refractivity contribution is 5.94. The van der Waals surface area contributed by atoms with Crippen LogP contribution in [0.5, 0.6) is 0 Å². The molecule has 0 aliphatic carbocycles. The van der Waals surface area contributed by atoms with E-state index in [1.807, 2.05) is 28.9 Å². The molecule has 2 bridgehead atoms. The number of carbonyl (C=O) groups is 1. The highest BCUT2D eigenvalue weighted by Crippen LogP contribution is 2.28. The van der Waals surface area contributed by atoms with Gasteiger partial charge >= 0.3 is 0 Å². The Kier molecular flexibility index (Phi) is 2.60. The van der Waals surface area contributed by atoms with E-state index in [1.54, 1.807) is 0 Å². The van der Waals surface area contributed by atoms with Crippen LogP contribution in [0.3, 0.4) is 0 Å². The zero-order valence-corrected chi connectivity index (χ0v) is 11.6. The second-order valence-corrected chi connectivity index (χ2v) is 6.13. The number of aromatic nitrogens is 1. The molecule has 2 aromatic rings. The first-order valence-electron chi connectivity index (χ1n) is 7.34. The number of nitrogens with one attached hydrogen (secondary N) is 2. The van der Waals surface area contributed by atoms with Crippen molar-refractivity contribution in [2.45, 2.75) is 44.3 Å². The van der Waals surface area contributed by atoms with E-state index in [0.29, 0.717) is 18.1 Å². The summed E-state index contributed by atoms with van der Waals surface area (Å²) in [6.07, 6.45) is 7.47. The molecule has 2 N–H and O–H groups in total. The van der Waals surface area contributed by atoms with Crippen LogP contribution >= 0.6 is 0 Å². The predicted molar refractivity (Wildman–Crippen MR) is 78.0 cm³/mol. The molecule has 4 heterocycles. The van der Waals surface area contributed by atoms with E-state index in [0.717, 1.165) is 17.5 Å². The lowest BCUT2D eigenvalue weighted by atomic mass is 9.95. The van der Waals surface area contributed by atoms with Gasteiger partial charge in [-0.25, -0.2) is 0 Å². The van der Waals surface area contributed by atoms with E-state index < -0.39 is 0 Å². The maximum absolute atomic E-state index is 12.4. The second-order valence-electron chi connectivity index (χ2n) is 6.13. The monoisotopic (exact) mass is 269 g/mol. The summed E-state index contributed by atoms with van der Waals surface area (Å²) < 4.78 is 2.02. The molecule has 0 radical (unpaired) electrons. The van der Waals surface area contributed by atoms with Crippen LogP contribution in [-0.4, -0.2) is 28.4 Å². The van der Waals surface area contributed by atoms with Gasteiger partial charge in [0.1, 0.15) is 0 Å². The Morgan fingerprint density at radius 3 is 3.00 bits per heavy atom. The van der Waals surface area contributed by atoms with Crippen LogP contribution < -0.4 is 10.6 Å². The Bertz CT molecular complexity index is 675. The number of hydrogen-bond donors (Lipinski definition) is 2. The van der Waals surface area contributed by atoms with Gasteiger partial charge < -0.3 is 15.0 Å². The quantitative estimate of drug-likeness (QED) is 0.874. The largest absolute Gasteiger partial charge is 0.348 e. The summed E-state index contributed by atoms with van der Waals surface area (Å²) in [6.45, 7) is 2.06. The zero-order chi connectivity index (χ0) is 13.7. The maximum Gasteiger partial charge on any atom is 0.253 e. The SMILES string of the molecule is Cc1cc2ccc(C(=O)N[C@@H]3C[C@H]4CC[C@@H]3N4)cn2c1. The summed E-state index contributed by atoms with van der Waals surface area (Å²) in [5.74, 6) is 0.0394. The van der Waals surface area contributed by atoms with Crippen LogP contribution in [0.1, 0.15) is 35.2 Å². The lowest BCUT2D eigenvalue weighted by molar-refractivity contribution is 0.0930. The smallest absolute Gasteiger partial charge is 0.253 e. The molecule has 2 saturated heterocycles. The number of pyridine rings is 1. The summed E-state index contributed by atoms with van der Waals surface area (Å²) in [5, 5.41) is 6.73. The number of nitrogens with zero attached hydrogens (tertiary/aromatic N) is 1. The minimum atomic E-state index is 0.0394. The molecule has 4 nitrogen and oxygen atoms in total. The standard InChI is InChI=1S/C16H19N3O/c1-10-6-13-4-2-11(9-19(13)8-10)16(20)18-15-7-12-3-5-14(15)17-12/h2,4,6,8-9,12,14-15,17H,3,5,7H2,1H3,(H,18,20)/t12-,14+,15-/m1/s1. The average molecular weight is 269 g/mol. The normalized spacial score (nSPS) is 28.1. The van der Waals surface area contributed by atoms with Crippen molar-refractivity contribution in [1.29, 1.82) is 0 Å². The summed E-state index contributed by atoms with van der Waals surface area (Å²) in [7, 11) is 0. The van der Waals surface area contributed by atoms with E-state index in [4.69, 9.17) is 0 Å². The van der Waals surface area contributed by atoms with Crippen molar-refractivity contribution >= 4 is 11.4 Å². The third-order valence-corrected chi connectivity index (χ3v) is 4.61. The van der Waals surface area contributed by atoms with Crippen LogP contribution in [0.4, 0.5) is 0 Å². The molecule has 4 rings (SSSR count). The Morgan fingerprint density at radius 1 is 1.35 bits per heavy atom. The highest BCUT2D eigenvalue weighted by Gasteiger charge is 2.39. The van der Waals surface area contributed by atoms with E-state index in [1.165, 1.54) is 18.4 Å². The molecule has 0 aromatic carbocycles. The van der Waals surface area contributed by atoms with E-state index in [2.05, 4.69) is 23.6 Å². The van der Waals surface area contributed by atoms with Gasteiger partial charge in [-0.2, -0.15) is 0 Å². The van der Waals surface area contributed by atoms with Crippen LogP contribution in [0, 0.1) is 6.92 Å². The van der Waals surface area contributed by atoms with Gasteiger partial charge in [0.25, 0.3) is 5.91 Å². The molecule has 2 fully saturated rings. The molecule has 20 heavy (non-hydrogen) atoms. The molecule has 2 aliphatic rings. The number of fused-ring (bicyclic) bond motifs is 3. The van der Waals surface area contributed by atoms with Crippen molar-refractivity contribution < 1.29 is 4.79 Å². The minimum absolute atomic E-state index is 0.0394. The topological polar surface area (TPSA) is 45.5 Å². The Labute approximate surface area is 118 Å². The Morgan fingerprint density at radius 2 is 2.25 bits per heavy atom. The molecule has 2 aromatic heterocycles. The number of amides is 1. The van der Waals surface area contributed by atoms with Crippen molar-refractivity contribution in [3.8, 4) is 0 Å². The van der Waals surface area contributed by atoms with Crippen molar-refractivity contribution in [2.24, 2.45) is 0 Å². The first-order valence-corrected chi connectivity index (χ1v) is 7.34. The van der Waals surface area contributed by atoms with Crippen molar-refractivity contribution in [3.63, 3.8) is 0 Å². The Hall–Kier alpha value is -1.81. The molecule has 0 spiro atoms. The van der Waals surface area contributed by atoms with Crippen LogP contribution in [0.15, 0.2) is 30.6 Å². The molecule has 1 amide bonds. The lowest BCUT2D eigenvalue weighted by Crippen LogP contribution is -2.42. The van der Waals surface area contributed by atoms with Crippen LogP contribution in [0.25, 0.3) is 5.52 Å². The summed E-state index contributed by atoms with van der Waals surface area (Å²) >= 11 is 0. The van der Waals surface area contributed by atoms with Gasteiger partial charge in [0, 0.05) is 36.0 Å². The van der Waals surface area contributed by atoms with E-state index >= 15 is 0 Å². The number of carbonyl (C=O) groups excluding carboxylic acids is 1. The average Bonchev–Trinajstić information content (AvgIpc) is 3.10. The minimum Gasteiger partial charge on any atom is -0.348 e. The highest BCUT2D eigenvalue weighted by atomic mass is 16.1. The molecule has 3 atom stereocenters. The fourth-order valence-electron chi connectivity index (χ4n) is 3.62. The lowest BCUT2D eigenvalue weighted by Gasteiger charge is -2.21. The van der Waals surface area contributed by atoms with E-state index in [9.17, 15) is 4.79 Å². The zero-order valence-electron chi connectivity index (χ0n) is 11.6. The fraction of sp³-hybridized carbons (Fsp3) is 0.438. The first kappa shape index (κ1) is 12.0. The third kappa shape index (κ3) is 1.91. The van der Waals surface area contributed by atoms with Crippen molar-refractivity contribution in [3.05, 3.63) is 41.7 Å². The second kappa shape index (κ2) is 4.35. The number of aryl methyl sites for hydroxylation is 1. The predicted octanol–water partition coefficient (Wildman–Crippen LogP) is 1.87. The fourth-order valence-corrected chi connectivity index (χ4v) is 3.62. The summed E-state index contributed by atoms with van der Waals surface area (Å²) in [4.78, 5) is 12.4. The van der Waals surface area contributed by atoms with Gasteiger partial charge in [-0.3, -0.25) is 4.79 Å². The maximum atomic E-state index is 12.4. The van der Waals surface area contributed by atoms with E-state index in [-0.39, 0.29) is 5.91 Å². The summed E-state index contributed by atoms with van der Waals surface area (Å²) in [5.41, 5.74) is 3.07. The molecular formula is C16H19N3O. The van der Waals surface area contributed by atoms with Crippen LogP contribution in [-0.2, 0) is 0 Å². The Balaban J connectivity index is 1.54. The molecular weight excluding hydrogens is 250 g/mol. The van der Waals surface area contributed by atoms with Crippen molar-refractivity contribution in [2.75, 3.05) is 0 Å².